The van der Waals surface area contributed by atoms with Crippen LogP contribution in [0.2, 0.25) is 0 Å². The average Bonchev–Trinajstić information content (AvgIpc) is 3.32. The van der Waals surface area contributed by atoms with Crippen LogP contribution in [0.5, 0.6) is 0 Å². The van der Waals surface area contributed by atoms with Crippen molar-refractivity contribution >= 4 is 0 Å². The van der Waals surface area contributed by atoms with E-state index >= 15 is 0 Å². The van der Waals surface area contributed by atoms with Crippen molar-refractivity contribution in [3.05, 3.63) is 48.4 Å². The Balaban J connectivity index is 1.44. The van der Waals surface area contributed by atoms with Crippen LogP contribution in [0.3, 0.4) is 0 Å². The van der Waals surface area contributed by atoms with Crippen LogP contribution >= 0.6 is 0 Å². The van der Waals surface area contributed by atoms with Gasteiger partial charge < -0.3 is 4.42 Å². The fourth-order valence-electron chi connectivity index (χ4n) is 3.16. The number of benzene rings is 1. The Labute approximate surface area is 140 Å². The van der Waals surface area contributed by atoms with Gasteiger partial charge >= 0.3 is 0 Å². The minimum absolute atomic E-state index is 0.432. The molecule has 0 aliphatic carbocycles. The van der Waals surface area contributed by atoms with Gasteiger partial charge in [0.2, 0.25) is 11.8 Å². The molecule has 7 heteroatoms. The van der Waals surface area contributed by atoms with Crippen molar-refractivity contribution in [3.63, 3.8) is 0 Å². The summed E-state index contributed by atoms with van der Waals surface area (Å²) in [4.78, 5) is 6.39. The predicted molar refractivity (Wildman–Crippen MR) is 87.9 cm³/mol. The standard InChI is InChI=1S/C17H20N6O/c1-13-4-6-14(7-5-13)17-21-20-16(24-17)10-22-8-2-3-15(22)9-23-12-18-11-19-23/h4-7,11-12,15H,2-3,8-10H2,1H3/t15-/m1/s1. The van der Waals surface area contributed by atoms with Gasteiger partial charge in [-0.25, -0.2) is 4.98 Å². The summed E-state index contributed by atoms with van der Waals surface area (Å²) in [5, 5.41) is 12.6. The minimum atomic E-state index is 0.432. The third kappa shape index (κ3) is 3.21. The first-order chi connectivity index (χ1) is 11.8. The Bertz CT molecular complexity index is 780. The summed E-state index contributed by atoms with van der Waals surface area (Å²) < 4.78 is 7.74. The number of likely N-dealkylation sites (tertiary alicyclic amines) is 1. The smallest absolute Gasteiger partial charge is 0.247 e. The second-order valence-electron chi connectivity index (χ2n) is 6.25. The first kappa shape index (κ1) is 15.0. The second kappa shape index (κ2) is 6.52. The lowest BCUT2D eigenvalue weighted by atomic mass is 10.1. The van der Waals surface area contributed by atoms with Crippen LogP contribution in [0.1, 0.15) is 24.3 Å². The lowest BCUT2D eigenvalue weighted by Gasteiger charge is -2.22. The van der Waals surface area contributed by atoms with Gasteiger partial charge in [0.15, 0.2) is 0 Å². The van der Waals surface area contributed by atoms with E-state index in [1.807, 2.05) is 28.9 Å². The summed E-state index contributed by atoms with van der Waals surface area (Å²) in [6.45, 7) is 4.63. The second-order valence-corrected chi connectivity index (χ2v) is 6.25. The topological polar surface area (TPSA) is 72.9 Å². The van der Waals surface area contributed by atoms with Gasteiger partial charge in [-0.1, -0.05) is 17.7 Å². The van der Waals surface area contributed by atoms with Crippen LogP contribution in [0.15, 0.2) is 41.3 Å². The highest BCUT2D eigenvalue weighted by Gasteiger charge is 2.26. The number of aromatic nitrogens is 5. The summed E-state index contributed by atoms with van der Waals surface area (Å²) >= 11 is 0. The lowest BCUT2D eigenvalue weighted by molar-refractivity contribution is 0.200. The molecule has 124 valence electrons. The van der Waals surface area contributed by atoms with Gasteiger partial charge in [-0.2, -0.15) is 5.10 Å². The van der Waals surface area contributed by atoms with E-state index in [4.69, 9.17) is 4.42 Å². The first-order valence-electron chi connectivity index (χ1n) is 8.24. The van der Waals surface area contributed by atoms with Crippen molar-refractivity contribution in [1.82, 2.24) is 29.9 Å². The van der Waals surface area contributed by atoms with Gasteiger partial charge in [0, 0.05) is 11.6 Å². The zero-order valence-electron chi connectivity index (χ0n) is 13.7. The van der Waals surface area contributed by atoms with Crippen LogP contribution in [-0.2, 0) is 13.1 Å². The molecule has 1 aliphatic rings. The molecule has 7 nitrogen and oxygen atoms in total. The third-order valence-electron chi connectivity index (χ3n) is 4.47. The summed E-state index contributed by atoms with van der Waals surface area (Å²) in [6, 6.07) is 8.55. The van der Waals surface area contributed by atoms with Gasteiger partial charge in [0.25, 0.3) is 0 Å². The predicted octanol–water partition coefficient (Wildman–Crippen LogP) is 2.30. The number of hydrogen-bond acceptors (Lipinski definition) is 6. The molecule has 0 N–H and O–H groups in total. The fourth-order valence-corrected chi connectivity index (χ4v) is 3.16. The van der Waals surface area contributed by atoms with Crippen LogP contribution in [-0.4, -0.2) is 42.4 Å². The van der Waals surface area contributed by atoms with Crippen LogP contribution in [0, 0.1) is 6.92 Å². The summed E-state index contributed by atoms with van der Waals surface area (Å²) in [5.41, 5.74) is 2.17. The van der Waals surface area contributed by atoms with Crippen molar-refractivity contribution < 1.29 is 4.42 Å². The monoisotopic (exact) mass is 324 g/mol. The van der Waals surface area contributed by atoms with Gasteiger partial charge in [0.1, 0.15) is 12.7 Å². The van der Waals surface area contributed by atoms with Crippen LogP contribution < -0.4 is 0 Å². The van der Waals surface area contributed by atoms with E-state index in [1.165, 1.54) is 12.0 Å². The maximum Gasteiger partial charge on any atom is 0.247 e. The molecule has 3 heterocycles. The summed E-state index contributed by atoms with van der Waals surface area (Å²) in [5.74, 6) is 1.24. The average molecular weight is 324 g/mol. The summed E-state index contributed by atoms with van der Waals surface area (Å²) in [7, 11) is 0. The molecule has 0 unspecified atom stereocenters. The number of aryl methyl sites for hydroxylation is 1. The van der Waals surface area contributed by atoms with Crippen molar-refractivity contribution in [1.29, 1.82) is 0 Å². The van der Waals surface area contributed by atoms with Gasteiger partial charge in [-0.15, -0.1) is 10.2 Å². The summed E-state index contributed by atoms with van der Waals surface area (Å²) in [6.07, 6.45) is 5.67. The molecule has 4 rings (SSSR count). The Morgan fingerprint density at radius 3 is 2.88 bits per heavy atom. The largest absolute Gasteiger partial charge is 0.419 e. The van der Waals surface area contributed by atoms with Crippen molar-refractivity contribution in [3.8, 4) is 11.5 Å². The molecule has 0 spiro atoms. The molecule has 24 heavy (non-hydrogen) atoms. The molecule has 1 fully saturated rings. The highest BCUT2D eigenvalue weighted by atomic mass is 16.4. The Morgan fingerprint density at radius 2 is 2.08 bits per heavy atom. The van der Waals surface area contributed by atoms with Crippen LogP contribution in [0.4, 0.5) is 0 Å². The molecule has 0 amide bonds. The van der Waals surface area contributed by atoms with E-state index in [1.54, 1.807) is 12.7 Å². The molecule has 0 radical (unpaired) electrons. The molecule has 0 saturated carbocycles. The quantitative estimate of drug-likeness (QED) is 0.717. The number of rotatable bonds is 5. The highest BCUT2D eigenvalue weighted by molar-refractivity contribution is 5.52. The molecule has 1 aliphatic heterocycles. The van der Waals surface area contributed by atoms with Crippen molar-refractivity contribution in [2.24, 2.45) is 0 Å². The minimum Gasteiger partial charge on any atom is -0.419 e. The lowest BCUT2D eigenvalue weighted by Crippen LogP contribution is -2.32. The third-order valence-corrected chi connectivity index (χ3v) is 4.47. The Kier molecular flexibility index (Phi) is 4.08. The number of hydrogen-bond donors (Lipinski definition) is 0. The van der Waals surface area contributed by atoms with E-state index in [0.29, 0.717) is 24.4 Å². The van der Waals surface area contributed by atoms with E-state index in [0.717, 1.165) is 25.1 Å². The molecule has 2 aromatic heterocycles. The first-order valence-corrected chi connectivity index (χ1v) is 8.24. The van der Waals surface area contributed by atoms with Crippen molar-refractivity contribution in [2.75, 3.05) is 6.54 Å². The zero-order chi connectivity index (χ0) is 16.4. The van der Waals surface area contributed by atoms with E-state index < -0.39 is 0 Å². The molecule has 1 atom stereocenters. The van der Waals surface area contributed by atoms with Gasteiger partial charge in [-0.05, 0) is 38.4 Å². The maximum absolute atomic E-state index is 5.86. The van der Waals surface area contributed by atoms with Crippen LogP contribution in [0.25, 0.3) is 11.5 Å². The molecule has 3 aromatic rings. The molecule has 1 saturated heterocycles. The van der Waals surface area contributed by atoms with Gasteiger partial charge in [-0.3, -0.25) is 9.58 Å². The number of nitrogens with zero attached hydrogens (tertiary/aromatic N) is 6. The molecular formula is C17H20N6O. The van der Waals surface area contributed by atoms with E-state index in [9.17, 15) is 0 Å². The Morgan fingerprint density at radius 1 is 1.21 bits per heavy atom. The SMILES string of the molecule is Cc1ccc(-c2nnc(CN3CCC[C@@H]3Cn3cncn3)o2)cc1. The normalized spacial score (nSPS) is 18.3. The Hall–Kier alpha value is -2.54. The zero-order valence-corrected chi connectivity index (χ0v) is 13.7. The van der Waals surface area contributed by atoms with E-state index in [-0.39, 0.29) is 0 Å². The van der Waals surface area contributed by atoms with Crippen molar-refractivity contribution in [2.45, 2.75) is 38.9 Å². The fraction of sp³-hybridized carbons (Fsp3) is 0.412. The molecule has 1 aromatic carbocycles. The maximum atomic E-state index is 5.86. The highest BCUT2D eigenvalue weighted by Crippen LogP contribution is 2.23. The van der Waals surface area contributed by atoms with E-state index in [2.05, 4.69) is 32.1 Å². The van der Waals surface area contributed by atoms with Gasteiger partial charge in [0.05, 0.1) is 13.1 Å². The molecular weight excluding hydrogens is 304 g/mol. The molecule has 0 bridgehead atoms.